The standard InChI is InChI=1S/C13H15ClN2O5/c14-10-4-2-1-3-9(10)13(20)16-7-11(17)15-5-6-21-8-12(18)19/h1-4H,5-8H2,(H,15,17)(H,16,20)(H,18,19). The van der Waals surface area contributed by atoms with Crippen LogP contribution in [0.25, 0.3) is 0 Å². The van der Waals surface area contributed by atoms with Gasteiger partial charge in [0.05, 0.1) is 23.7 Å². The molecule has 0 heterocycles. The lowest BCUT2D eigenvalue weighted by molar-refractivity contribution is -0.142. The Morgan fingerprint density at radius 3 is 2.57 bits per heavy atom. The molecule has 0 aromatic heterocycles. The highest BCUT2D eigenvalue weighted by Gasteiger charge is 2.10. The number of carbonyl (C=O) groups is 3. The average molecular weight is 315 g/mol. The van der Waals surface area contributed by atoms with E-state index in [-0.39, 0.29) is 25.3 Å². The first-order chi connectivity index (χ1) is 10.0. The molecule has 0 radical (unpaired) electrons. The number of halogens is 1. The summed E-state index contributed by atoms with van der Waals surface area (Å²) in [5.74, 6) is -1.93. The van der Waals surface area contributed by atoms with E-state index in [0.717, 1.165) is 0 Å². The van der Waals surface area contributed by atoms with E-state index in [4.69, 9.17) is 21.4 Å². The van der Waals surface area contributed by atoms with Crippen LogP contribution in [0.15, 0.2) is 24.3 Å². The van der Waals surface area contributed by atoms with E-state index in [0.29, 0.717) is 5.02 Å². The fourth-order valence-corrected chi connectivity index (χ4v) is 1.61. The number of carbonyl (C=O) groups excluding carboxylic acids is 2. The zero-order chi connectivity index (χ0) is 15.7. The van der Waals surface area contributed by atoms with Gasteiger partial charge in [0.1, 0.15) is 6.61 Å². The predicted octanol–water partition coefficient (Wildman–Crippen LogP) is 0.287. The van der Waals surface area contributed by atoms with Crippen molar-refractivity contribution in [3.05, 3.63) is 34.9 Å². The number of nitrogens with one attached hydrogen (secondary N) is 2. The molecule has 1 rings (SSSR count). The van der Waals surface area contributed by atoms with Crippen LogP contribution in [0.4, 0.5) is 0 Å². The zero-order valence-corrected chi connectivity index (χ0v) is 11.9. The van der Waals surface area contributed by atoms with Crippen LogP contribution in [0.1, 0.15) is 10.4 Å². The van der Waals surface area contributed by atoms with Crippen molar-refractivity contribution in [3.8, 4) is 0 Å². The van der Waals surface area contributed by atoms with Crippen molar-refractivity contribution in [2.75, 3.05) is 26.3 Å². The third-order valence-corrected chi connectivity index (χ3v) is 2.65. The van der Waals surface area contributed by atoms with Gasteiger partial charge in [-0.3, -0.25) is 9.59 Å². The molecule has 0 saturated carbocycles. The highest BCUT2D eigenvalue weighted by Crippen LogP contribution is 2.14. The minimum Gasteiger partial charge on any atom is -0.480 e. The molecular weight excluding hydrogens is 300 g/mol. The first-order valence-electron chi connectivity index (χ1n) is 6.09. The first kappa shape index (κ1) is 16.9. The summed E-state index contributed by atoms with van der Waals surface area (Å²) in [4.78, 5) is 33.4. The fraction of sp³-hybridized carbons (Fsp3) is 0.308. The molecule has 114 valence electrons. The largest absolute Gasteiger partial charge is 0.480 e. The molecule has 0 spiro atoms. The molecule has 1 aromatic rings. The zero-order valence-electron chi connectivity index (χ0n) is 11.1. The summed E-state index contributed by atoms with van der Waals surface area (Å²) in [5, 5.41) is 13.5. The van der Waals surface area contributed by atoms with Crippen LogP contribution >= 0.6 is 11.6 Å². The number of amides is 2. The monoisotopic (exact) mass is 314 g/mol. The van der Waals surface area contributed by atoms with Crippen molar-refractivity contribution in [1.82, 2.24) is 10.6 Å². The fourth-order valence-electron chi connectivity index (χ4n) is 1.39. The van der Waals surface area contributed by atoms with Crippen LogP contribution in [0.5, 0.6) is 0 Å². The Morgan fingerprint density at radius 1 is 1.19 bits per heavy atom. The van der Waals surface area contributed by atoms with Gasteiger partial charge in [-0.2, -0.15) is 0 Å². The second kappa shape index (κ2) is 8.93. The molecule has 21 heavy (non-hydrogen) atoms. The number of hydrogen-bond donors (Lipinski definition) is 3. The molecule has 0 fully saturated rings. The lowest BCUT2D eigenvalue weighted by atomic mass is 10.2. The molecule has 0 aliphatic carbocycles. The quantitative estimate of drug-likeness (QED) is 0.598. The van der Waals surface area contributed by atoms with Gasteiger partial charge >= 0.3 is 5.97 Å². The Balaban J connectivity index is 2.22. The molecule has 2 amide bonds. The Morgan fingerprint density at radius 2 is 1.90 bits per heavy atom. The molecule has 8 heteroatoms. The molecule has 7 nitrogen and oxygen atoms in total. The summed E-state index contributed by atoms with van der Waals surface area (Å²) in [5.41, 5.74) is 0.289. The van der Waals surface area contributed by atoms with Crippen molar-refractivity contribution in [2.45, 2.75) is 0 Å². The highest BCUT2D eigenvalue weighted by molar-refractivity contribution is 6.33. The highest BCUT2D eigenvalue weighted by atomic mass is 35.5. The number of hydrogen-bond acceptors (Lipinski definition) is 4. The minimum absolute atomic E-state index is 0.0799. The third kappa shape index (κ3) is 6.73. The number of aliphatic carboxylic acids is 1. The van der Waals surface area contributed by atoms with Crippen molar-refractivity contribution in [1.29, 1.82) is 0 Å². The van der Waals surface area contributed by atoms with E-state index in [1.165, 1.54) is 0 Å². The van der Waals surface area contributed by atoms with E-state index >= 15 is 0 Å². The number of ether oxygens (including phenoxy) is 1. The van der Waals surface area contributed by atoms with Gasteiger partial charge in [-0.1, -0.05) is 23.7 Å². The van der Waals surface area contributed by atoms with E-state index in [9.17, 15) is 14.4 Å². The second-order valence-corrected chi connectivity index (χ2v) is 4.37. The minimum atomic E-state index is -1.08. The maximum Gasteiger partial charge on any atom is 0.329 e. The SMILES string of the molecule is O=C(O)COCCNC(=O)CNC(=O)c1ccccc1Cl. The number of rotatable bonds is 8. The van der Waals surface area contributed by atoms with E-state index in [2.05, 4.69) is 10.6 Å². The summed E-state index contributed by atoms with van der Waals surface area (Å²) in [6, 6.07) is 6.50. The third-order valence-electron chi connectivity index (χ3n) is 2.32. The van der Waals surface area contributed by atoms with Gasteiger partial charge in [0, 0.05) is 6.54 Å². The van der Waals surface area contributed by atoms with Gasteiger partial charge in [-0.05, 0) is 12.1 Å². The molecule has 0 saturated heterocycles. The average Bonchev–Trinajstić information content (AvgIpc) is 2.44. The Kier molecular flexibility index (Phi) is 7.20. The first-order valence-corrected chi connectivity index (χ1v) is 6.47. The van der Waals surface area contributed by atoms with E-state index < -0.39 is 24.4 Å². The lowest BCUT2D eigenvalue weighted by Crippen LogP contribution is -2.38. The molecule has 0 bridgehead atoms. The molecule has 0 unspecified atom stereocenters. The van der Waals surface area contributed by atoms with Gasteiger partial charge in [0.15, 0.2) is 0 Å². The van der Waals surface area contributed by atoms with Crippen molar-refractivity contribution >= 4 is 29.4 Å². The van der Waals surface area contributed by atoms with Crippen LogP contribution < -0.4 is 10.6 Å². The Bertz CT molecular complexity index is 521. The van der Waals surface area contributed by atoms with E-state index in [1.807, 2.05) is 0 Å². The van der Waals surface area contributed by atoms with Crippen molar-refractivity contribution in [3.63, 3.8) is 0 Å². The van der Waals surface area contributed by atoms with Crippen LogP contribution in [-0.4, -0.2) is 49.2 Å². The Labute approximate surface area is 126 Å². The number of carboxylic acids is 1. The predicted molar refractivity (Wildman–Crippen MR) is 75.2 cm³/mol. The Hall–Kier alpha value is -2.12. The lowest BCUT2D eigenvalue weighted by Gasteiger charge is -2.07. The maximum absolute atomic E-state index is 11.8. The van der Waals surface area contributed by atoms with Gasteiger partial charge in [0.2, 0.25) is 5.91 Å². The summed E-state index contributed by atoms with van der Waals surface area (Å²) >= 11 is 5.85. The molecule has 1 aromatic carbocycles. The molecule has 0 aliphatic rings. The number of carboxylic acid groups (broad SMARTS) is 1. The van der Waals surface area contributed by atoms with E-state index in [1.54, 1.807) is 24.3 Å². The van der Waals surface area contributed by atoms with Crippen LogP contribution in [-0.2, 0) is 14.3 Å². The smallest absolute Gasteiger partial charge is 0.329 e. The van der Waals surface area contributed by atoms with Crippen LogP contribution in [0.3, 0.4) is 0 Å². The van der Waals surface area contributed by atoms with Gasteiger partial charge in [0.25, 0.3) is 5.91 Å². The molecular formula is C13H15ClN2O5. The normalized spacial score (nSPS) is 9.95. The van der Waals surface area contributed by atoms with Gasteiger partial charge in [-0.15, -0.1) is 0 Å². The summed E-state index contributed by atoms with van der Waals surface area (Å²) in [6.07, 6.45) is 0. The summed E-state index contributed by atoms with van der Waals surface area (Å²) in [6.45, 7) is -0.382. The van der Waals surface area contributed by atoms with Gasteiger partial charge < -0.3 is 20.5 Å². The second-order valence-electron chi connectivity index (χ2n) is 3.96. The summed E-state index contributed by atoms with van der Waals surface area (Å²) in [7, 11) is 0. The van der Waals surface area contributed by atoms with Crippen molar-refractivity contribution in [2.24, 2.45) is 0 Å². The summed E-state index contributed by atoms with van der Waals surface area (Å²) < 4.78 is 4.74. The van der Waals surface area contributed by atoms with Crippen LogP contribution in [0.2, 0.25) is 5.02 Å². The molecule has 0 aliphatic heterocycles. The van der Waals surface area contributed by atoms with Crippen LogP contribution in [0, 0.1) is 0 Å². The van der Waals surface area contributed by atoms with Gasteiger partial charge in [-0.25, -0.2) is 4.79 Å². The van der Waals surface area contributed by atoms with Crippen molar-refractivity contribution < 1.29 is 24.2 Å². The topological polar surface area (TPSA) is 105 Å². The maximum atomic E-state index is 11.8. The molecule has 3 N–H and O–H groups in total. The number of benzene rings is 1. The molecule has 0 atom stereocenters.